The van der Waals surface area contributed by atoms with Crippen molar-refractivity contribution < 1.29 is 9.53 Å². The molecule has 2 fully saturated rings. The van der Waals surface area contributed by atoms with E-state index in [1.54, 1.807) is 19.5 Å². The minimum atomic E-state index is -0.500. The molecular formula is C19H26ClN5O2. The number of amides is 1. The molecule has 1 saturated heterocycles. The number of pyridine rings is 1. The summed E-state index contributed by atoms with van der Waals surface area (Å²) in [6.45, 7) is 2.78. The Hall–Kier alpha value is -1.96. The summed E-state index contributed by atoms with van der Waals surface area (Å²) in [5.41, 5.74) is 7.53. The first-order valence-electron chi connectivity index (χ1n) is 9.15. The van der Waals surface area contributed by atoms with Crippen molar-refractivity contribution in [2.45, 2.75) is 31.4 Å². The van der Waals surface area contributed by atoms with Gasteiger partial charge in [-0.2, -0.15) is 5.10 Å². The van der Waals surface area contributed by atoms with Gasteiger partial charge in [0, 0.05) is 56.7 Å². The maximum atomic E-state index is 11.6. The zero-order chi connectivity index (χ0) is 18.1. The third-order valence-corrected chi connectivity index (χ3v) is 6.03. The fourth-order valence-corrected chi connectivity index (χ4v) is 5.00. The molecule has 7 nitrogen and oxygen atoms in total. The van der Waals surface area contributed by atoms with Crippen LogP contribution in [0.25, 0.3) is 0 Å². The van der Waals surface area contributed by atoms with Crippen LogP contribution in [-0.2, 0) is 16.9 Å². The number of H-pyrrole nitrogens is 1. The molecule has 0 spiro atoms. The Morgan fingerprint density at radius 2 is 2.07 bits per heavy atom. The predicted octanol–water partition coefficient (Wildman–Crippen LogP) is 2.10. The third kappa shape index (κ3) is 3.47. The number of carbonyl (C=O) groups is 1. The van der Waals surface area contributed by atoms with Crippen molar-refractivity contribution in [3.05, 3.63) is 47.5 Å². The van der Waals surface area contributed by atoms with Gasteiger partial charge in [-0.05, 0) is 36.6 Å². The largest absolute Gasteiger partial charge is 0.373 e. The summed E-state index contributed by atoms with van der Waals surface area (Å²) in [6, 6.07) is 5.82. The molecule has 27 heavy (non-hydrogen) atoms. The van der Waals surface area contributed by atoms with Crippen molar-refractivity contribution in [1.29, 1.82) is 0 Å². The van der Waals surface area contributed by atoms with E-state index in [-0.39, 0.29) is 18.0 Å². The highest BCUT2D eigenvalue weighted by Gasteiger charge is 2.53. The Labute approximate surface area is 165 Å². The zero-order valence-electron chi connectivity index (χ0n) is 15.4. The minimum absolute atomic E-state index is 0. The van der Waals surface area contributed by atoms with E-state index in [9.17, 15) is 4.79 Å². The molecule has 2 aromatic rings. The molecule has 146 valence electrons. The molecule has 3 atom stereocenters. The maximum Gasteiger partial charge on any atom is 0.267 e. The number of aromatic nitrogens is 3. The summed E-state index contributed by atoms with van der Waals surface area (Å²) in [5.74, 6) is 0.233. The Bertz CT molecular complexity index is 768. The Morgan fingerprint density at radius 1 is 1.33 bits per heavy atom. The number of nitrogens with one attached hydrogen (secondary N) is 1. The van der Waals surface area contributed by atoms with Crippen LogP contribution in [0, 0.1) is 11.8 Å². The Morgan fingerprint density at radius 3 is 2.67 bits per heavy atom. The highest BCUT2D eigenvalue weighted by Crippen LogP contribution is 2.51. The van der Waals surface area contributed by atoms with E-state index in [4.69, 9.17) is 10.5 Å². The second-order valence-corrected chi connectivity index (χ2v) is 7.39. The minimum Gasteiger partial charge on any atom is -0.373 e. The third-order valence-electron chi connectivity index (χ3n) is 6.03. The summed E-state index contributed by atoms with van der Waals surface area (Å²) in [4.78, 5) is 18.2. The summed E-state index contributed by atoms with van der Waals surface area (Å²) < 4.78 is 6.22. The van der Waals surface area contributed by atoms with Gasteiger partial charge in [-0.1, -0.05) is 6.42 Å². The number of nitrogens with zero attached hydrogens (tertiary/aromatic N) is 3. The molecule has 2 bridgehead atoms. The summed E-state index contributed by atoms with van der Waals surface area (Å²) in [6.07, 6.45) is 6.90. The SMILES string of the molecule is CO[C@@]1(c2ccnc(C(N)=O)c2)[C@@H]2CCC[C@H]1CN(Cc1ccn[nH]1)C2.Cl. The molecular weight excluding hydrogens is 366 g/mol. The number of rotatable bonds is 5. The van der Waals surface area contributed by atoms with E-state index < -0.39 is 5.91 Å². The number of halogens is 1. The smallest absolute Gasteiger partial charge is 0.267 e. The van der Waals surface area contributed by atoms with Crippen LogP contribution in [0.4, 0.5) is 0 Å². The van der Waals surface area contributed by atoms with Crippen molar-refractivity contribution in [1.82, 2.24) is 20.1 Å². The van der Waals surface area contributed by atoms with Crippen molar-refractivity contribution in [2.75, 3.05) is 20.2 Å². The highest BCUT2D eigenvalue weighted by atomic mass is 35.5. The molecule has 1 amide bonds. The number of ether oxygens (including phenoxy) is 1. The number of aromatic amines is 1. The number of carbonyl (C=O) groups excluding carboxylic acids is 1. The van der Waals surface area contributed by atoms with Crippen LogP contribution in [0.5, 0.6) is 0 Å². The van der Waals surface area contributed by atoms with Gasteiger partial charge in [0.05, 0.1) is 0 Å². The molecule has 1 aliphatic heterocycles. The van der Waals surface area contributed by atoms with Gasteiger partial charge in [0.25, 0.3) is 5.91 Å². The first-order chi connectivity index (χ1) is 12.6. The van der Waals surface area contributed by atoms with Crippen LogP contribution in [0.15, 0.2) is 30.6 Å². The normalized spacial score (nSPS) is 27.7. The number of methoxy groups -OCH3 is 1. The van der Waals surface area contributed by atoms with E-state index in [2.05, 4.69) is 20.1 Å². The first-order valence-corrected chi connectivity index (χ1v) is 9.15. The van der Waals surface area contributed by atoms with Gasteiger partial charge in [-0.3, -0.25) is 19.8 Å². The number of likely N-dealkylation sites (tertiary alicyclic amines) is 1. The number of hydrogen-bond acceptors (Lipinski definition) is 5. The predicted molar refractivity (Wildman–Crippen MR) is 103 cm³/mol. The molecule has 2 aliphatic rings. The second-order valence-electron chi connectivity index (χ2n) is 7.39. The second kappa shape index (κ2) is 7.96. The lowest BCUT2D eigenvalue weighted by Crippen LogP contribution is -2.58. The van der Waals surface area contributed by atoms with Gasteiger partial charge in [0.15, 0.2) is 0 Å². The fourth-order valence-electron chi connectivity index (χ4n) is 5.00. The number of piperidine rings is 1. The van der Waals surface area contributed by atoms with Crippen molar-refractivity contribution in [3.8, 4) is 0 Å². The quantitative estimate of drug-likeness (QED) is 0.813. The molecule has 0 aromatic carbocycles. The molecule has 8 heteroatoms. The van der Waals surface area contributed by atoms with Crippen molar-refractivity contribution >= 4 is 18.3 Å². The zero-order valence-corrected chi connectivity index (χ0v) is 16.2. The average Bonchev–Trinajstić information content (AvgIpc) is 3.14. The van der Waals surface area contributed by atoms with Crippen molar-refractivity contribution in [2.24, 2.45) is 17.6 Å². The van der Waals surface area contributed by atoms with Crippen LogP contribution in [-0.4, -0.2) is 46.2 Å². The lowest BCUT2D eigenvalue weighted by atomic mass is 9.62. The standard InChI is InChI=1S/C19H25N5O2.ClH/c1-26-19(13-5-7-21-17(9-13)18(20)25)14-3-2-4-15(19)11-24(10-14)12-16-6-8-22-23-16;/h5-9,14-15H,2-4,10-12H2,1H3,(H2,20,25)(H,22,23);1H/t14-,15+,19+;. The lowest BCUT2D eigenvalue weighted by molar-refractivity contribution is -0.170. The van der Waals surface area contributed by atoms with E-state index in [0.29, 0.717) is 17.5 Å². The van der Waals surface area contributed by atoms with Gasteiger partial charge < -0.3 is 10.5 Å². The van der Waals surface area contributed by atoms with Gasteiger partial charge in [0.2, 0.25) is 0 Å². The number of primary amides is 1. The summed E-state index contributed by atoms with van der Waals surface area (Å²) in [5, 5.41) is 7.11. The van der Waals surface area contributed by atoms with E-state index in [1.165, 1.54) is 6.42 Å². The number of nitrogens with two attached hydrogens (primary N) is 1. The van der Waals surface area contributed by atoms with Gasteiger partial charge in [-0.25, -0.2) is 0 Å². The lowest BCUT2D eigenvalue weighted by Gasteiger charge is -2.55. The van der Waals surface area contributed by atoms with Crippen molar-refractivity contribution in [3.63, 3.8) is 0 Å². The molecule has 1 aliphatic carbocycles. The topological polar surface area (TPSA) is 97.1 Å². The molecule has 3 heterocycles. The van der Waals surface area contributed by atoms with Crippen LogP contribution in [0.1, 0.15) is 41.0 Å². The van der Waals surface area contributed by atoms with Gasteiger partial charge in [-0.15, -0.1) is 12.4 Å². The van der Waals surface area contributed by atoms with E-state index >= 15 is 0 Å². The molecule has 4 rings (SSSR count). The fraction of sp³-hybridized carbons (Fsp3) is 0.526. The van der Waals surface area contributed by atoms with Crippen LogP contribution in [0.2, 0.25) is 0 Å². The Kier molecular flexibility index (Phi) is 5.83. The van der Waals surface area contributed by atoms with E-state index in [0.717, 1.165) is 43.7 Å². The number of fused-ring (bicyclic) bond motifs is 2. The molecule has 0 radical (unpaired) electrons. The molecule has 0 unspecified atom stereocenters. The van der Waals surface area contributed by atoms with Crippen LogP contribution >= 0.6 is 12.4 Å². The van der Waals surface area contributed by atoms with Gasteiger partial charge >= 0.3 is 0 Å². The van der Waals surface area contributed by atoms with Crippen LogP contribution in [0.3, 0.4) is 0 Å². The highest BCUT2D eigenvalue weighted by molar-refractivity contribution is 5.90. The summed E-state index contributed by atoms with van der Waals surface area (Å²) >= 11 is 0. The van der Waals surface area contributed by atoms with Gasteiger partial charge in [0.1, 0.15) is 11.3 Å². The average molecular weight is 392 g/mol. The maximum absolute atomic E-state index is 11.6. The first kappa shape index (κ1) is 19.8. The summed E-state index contributed by atoms with van der Waals surface area (Å²) in [7, 11) is 1.79. The van der Waals surface area contributed by atoms with E-state index in [1.807, 2.05) is 18.2 Å². The number of hydrogen-bond donors (Lipinski definition) is 2. The molecule has 2 aromatic heterocycles. The molecule has 1 saturated carbocycles. The molecule has 3 N–H and O–H groups in total. The van der Waals surface area contributed by atoms with Crippen LogP contribution < -0.4 is 5.73 Å². The monoisotopic (exact) mass is 391 g/mol. The Balaban J connectivity index is 0.00000210.